The highest BCUT2D eigenvalue weighted by Gasteiger charge is 2.24. The van der Waals surface area contributed by atoms with Crippen LogP contribution in [-0.4, -0.2) is 17.9 Å². The summed E-state index contributed by atoms with van der Waals surface area (Å²) in [5, 5.41) is 4.78. The molecule has 5 nitrogen and oxygen atoms in total. The number of rotatable bonds is 2. The summed E-state index contributed by atoms with van der Waals surface area (Å²) in [6, 6.07) is 7.62. The molecule has 1 heterocycles. The van der Waals surface area contributed by atoms with Crippen molar-refractivity contribution < 1.29 is 23.1 Å². The molecule has 2 amide bonds. The first-order chi connectivity index (χ1) is 11.0. The van der Waals surface area contributed by atoms with Gasteiger partial charge in [0, 0.05) is 5.56 Å². The van der Waals surface area contributed by atoms with Gasteiger partial charge in [0.2, 0.25) is 0 Å². The molecule has 7 heteroatoms. The average Bonchev–Trinajstić information content (AvgIpc) is 2.51. The number of carbonyl (C=O) groups excluding carboxylic acids is 2. The first kappa shape index (κ1) is 15.0. The second-order valence-electron chi connectivity index (χ2n) is 5.01. The van der Waals surface area contributed by atoms with Gasteiger partial charge in [-0.3, -0.25) is 9.59 Å². The zero-order valence-electron chi connectivity index (χ0n) is 12.0. The van der Waals surface area contributed by atoms with E-state index in [4.69, 9.17) is 4.74 Å². The van der Waals surface area contributed by atoms with Crippen molar-refractivity contribution in [2.24, 2.45) is 0 Å². The van der Waals surface area contributed by atoms with E-state index >= 15 is 0 Å². The van der Waals surface area contributed by atoms with E-state index in [0.29, 0.717) is 11.4 Å². The molecule has 3 rings (SSSR count). The molecule has 2 aromatic rings. The van der Waals surface area contributed by atoms with Crippen LogP contribution in [0.1, 0.15) is 17.3 Å². The van der Waals surface area contributed by atoms with Crippen LogP contribution in [-0.2, 0) is 4.79 Å². The Hall–Kier alpha value is -2.96. The number of hydrogen-bond donors (Lipinski definition) is 2. The van der Waals surface area contributed by atoms with Crippen LogP contribution >= 0.6 is 0 Å². The zero-order chi connectivity index (χ0) is 16.6. The summed E-state index contributed by atoms with van der Waals surface area (Å²) < 4.78 is 32.5. The van der Waals surface area contributed by atoms with E-state index in [1.807, 2.05) is 0 Å². The van der Waals surface area contributed by atoms with Gasteiger partial charge < -0.3 is 15.4 Å². The predicted molar refractivity (Wildman–Crippen MR) is 79.5 cm³/mol. The number of benzene rings is 2. The third-order valence-electron chi connectivity index (χ3n) is 3.37. The monoisotopic (exact) mass is 318 g/mol. The molecule has 0 saturated carbocycles. The summed E-state index contributed by atoms with van der Waals surface area (Å²) in [5.41, 5.74) is -0.0660. The minimum atomic E-state index is -0.873. The maximum Gasteiger partial charge on any atom is 0.265 e. The molecular formula is C16H12F2N2O3. The highest BCUT2D eigenvalue weighted by Crippen LogP contribution is 2.30. The van der Waals surface area contributed by atoms with Crippen molar-refractivity contribution in [3.8, 4) is 5.75 Å². The van der Waals surface area contributed by atoms with Crippen molar-refractivity contribution >= 4 is 23.2 Å². The van der Waals surface area contributed by atoms with Crippen LogP contribution in [0.4, 0.5) is 20.2 Å². The van der Waals surface area contributed by atoms with Gasteiger partial charge in [0.1, 0.15) is 23.1 Å². The molecule has 1 aliphatic rings. The molecule has 0 saturated heterocycles. The van der Waals surface area contributed by atoms with Gasteiger partial charge >= 0.3 is 0 Å². The van der Waals surface area contributed by atoms with Crippen LogP contribution in [0.3, 0.4) is 0 Å². The molecule has 0 aliphatic carbocycles. The minimum absolute atomic E-state index is 0.129. The van der Waals surface area contributed by atoms with Crippen LogP contribution in [0.25, 0.3) is 0 Å². The van der Waals surface area contributed by atoms with E-state index < -0.39 is 29.3 Å². The minimum Gasteiger partial charge on any atom is -0.479 e. The number of ether oxygens (including phenoxy) is 1. The van der Waals surface area contributed by atoms with Crippen LogP contribution < -0.4 is 15.4 Å². The van der Waals surface area contributed by atoms with Gasteiger partial charge in [-0.2, -0.15) is 0 Å². The largest absolute Gasteiger partial charge is 0.479 e. The Balaban J connectivity index is 1.87. The van der Waals surface area contributed by atoms with Gasteiger partial charge in [-0.05, 0) is 37.3 Å². The smallest absolute Gasteiger partial charge is 0.265 e. The Morgan fingerprint density at radius 2 is 1.91 bits per heavy atom. The molecule has 0 spiro atoms. The quantitative estimate of drug-likeness (QED) is 0.894. The summed E-state index contributed by atoms with van der Waals surface area (Å²) in [7, 11) is 0. The van der Waals surface area contributed by atoms with Crippen molar-refractivity contribution in [3.05, 3.63) is 53.6 Å². The van der Waals surface area contributed by atoms with E-state index in [9.17, 15) is 18.4 Å². The average molecular weight is 318 g/mol. The second kappa shape index (κ2) is 5.68. The molecule has 0 aromatic heterocycles. The van der Waals surface area contributed by atoms with Crippen molar-refractivity contribution in [1.82, 2.24) is 0 Å². The first-order valence-corrected chi connectivity index (χ1v) is 6.82. The van der Waals surface area contributed by atoms with Crippen molar-refractivity contribution in [2.45, 2.75) is 13.0 Å². The molecule has 2 N–H and O–H groups in total. The predicted octanol–water partition coefficient (Wildman–Crippen LogP) is 2.94. The fourth-order valence-electron chi connectivity index (χ4n) is 2.15. The summed E-state index contributed by atoms with van der Waals surface area (Å²) in [6.07, 6.45) is -0.630. The maximum absolute atomic E-state index is 13.6. The normalized spacial score (nSPS) is 16.1. The van der Waals surface area contributed by atoms with Crippen LogP contribution in [0.2, 0.25) is 0 Å². The molecule has 23 heavy (non-hydrogen) atoms. The van der Waals surface area contributed by atoms with Gasteiger partial charge in [0.15, 0.2) is 6.10 Å². The highest BCUT2D eigenvalue weighted by atomic mass is 19.1. The van der Waals surface area contributed by atoms with Gasteiger partial charge in [-0.25, -0.2) is 8.78 Å². The van der Waals surface area contributed by atoms with E-state index in [2.05, 4.69) is 10.6 Å². The Morgan fingerprint density at radius 1 is 1.22 bits per heavy atom. The number of amides is 2. The van der Waals surface area contributed by atoms with Gasteiger partial charge in [-0.1, -0.05) is 6.07 Å². The molecule has 2 aromatic carbocycles. The number of anilines is 2. The number of carbonyl (C=O) groups is 2. The topological polar surface area (TPSA) is 67.4 Å². The molecule has 1 aliphatic heterocycles. The molecular weight excluding hydrogens is 306 g/mol. The highest BCUT2D eigenvalue weighted by molar-refractivity contribution is 6.06. The summed E-state index contributed by atoms with van der Waals surface area (Å²) in [4.78, 5) is 23.7. The summed E-state index contributed by atoms with van der Waals surface area (Å²) in [5.74, 6) is -2.37. The maximum atomic E-state index is 13.6. The standard InChI is InChI=1S/C16H12F2N2O3/c1-8-15(21)19-12-7-9(5-6-13(12)23-8)16(22)20-14-10(17)3-2-4-11(14)18/h2-8H,1H3,(H,19,21)(H,20,22). The van der Waals surface area contributed by atoms with Crippen molar-refractivity contribution in [1.29, 1.82) is 0 Å². The third-order valence-corrected chi connectivity index (χ3v) is 3.37. The van der Waals surface area contributed by atoms with Gasteiger partial charge in [0.25, 0.3) is 11.8 Å². The number of fused-ring (bicyclic) bond motifs is 1. The lowest BCUT2D eigenvalue weighted by Crippen LogP contribution is -2.34. The Bertz CT molecular complexity index is 788. The lowest BCUT2D eigenvalue weighted by molar-refractivity contribution is -0.122. The van der Waals surface area contributed by atoms with Gasteiger partial charge in [-0.15, -0.1) is 0 Å². The van der Waals surface area contributed by atoms with Crippen LogP contribution in [0.15, 0.2) is 36.4 Å². The number of halogens is 2. The molecule has 0 fully saturated rings. The fourth-order valence-corrected chi connectivity index (χ4v) is 2.15. The van der Waals surface area contributed by atoms with Gasteiger partial charge in [0.05, 0.1) is 5.69 Å². The number of para-hydroxylation sites is 1. The zero-order valence-corrected chi connectivity index (χ0v) is 12.0. The number of nitrogens with one attached hydrogen (secondary N) is 2. The molecule has 1 atom stereocenters. The van der Waals surface area contributed by atoms with Crippen molar-refractivity contribution in [3.63, 3.8) is 0 Å². The first-order valence-electron chi connectivity index (χ1n) is 6.82. The van der Waals surface area contributed by atoms with E-state index in [1.165, 1.54) is 24.3 Å². The summed E-state index contributed by atoms with van der Waals surface area (Å²) in [6.45, 7) is 1.60. The lowest BCUT2D eigenvalue weighted by Gasteiger charge is -2.23. The Labute approximate surface area is 130 Å². The Morgan fingerprint density at radius 3 is 2.61 bits per heavy atom. The molecule has 1 unspecified atom stereocenters. The number of hydrogen-bond acceptors (Lipinski definition) is 3. The van der Waals surface area contributed by atoms with E-state index in [1.54, 1.807) is 6.92 Å². The third kappa shape index (κ3) is 2.85. The molecule has 0 bridgehead atoms. The van der Waals surface area contributed by atoms with Crippen LogP contribution in [0, 0.1) is 11.6 Å². The molecule has 0 radical (unpaired) electrons. The lowest BCUT2D eigenvalue weighted by atomic mass is 10.1. The fraction of sp³-hybridized carbons (Fsp3) is 0.125. The molecule has 118 valence electrons. The van der Waals surface area contributed by atoms with Crippen molar-refractivity contribution in [2.75, 3.05) is 10.6 Å². The van der Waals surface area contributed by atoms with E-state index in [0.717, 1.165) is 12.1 Å². The second-order valence-corrected chi connectivity index (χ2v) is 5.01. The SMILES string of the molecule is CC1Oc2ccc(C(=O)Nc3c(F)cccc3F)cc2NC1=O. The summed E-state index contributed by atoms with van der Waals surface area (Å²) >= 11 is 0. The Kier molecular flexibility index (Phi) is 3.69. The van der Waals surface area contributed by atoms with Crippen LogP contribution in [0.5, 0.6) is 5.75 Å². The van der Waals surface area contributed by atoms with E-state index in [-0.39, 0.29) is 11.5 Å².